The van der Waals surface area contributed by atoms with E-state index in [1.165, 1.54) is 0 Å². The van der Waals surface area contributed by atoms with Crippen LogP contribution in [0, 0.1) is 12.3 Å². The van der Waals surface area contributed by atoms with Crippen LogP contribution in [0.4, 0.5) is 0 Å². The van der Waals surface area contributed by atoms with Gasteiger partial charge in [-0.15, -0.1) is 12.4 Å². The highest BCUT2D eigenvalue weighted by Gasteiger charge is 2.38. The molecule has 2 aliphatic heterocycles. The zero-order valence-electron chi connectivity index (χ0n) is 15.3. The Morgan fingerprint density at radius 3 is 2.73 bits per heavy atom. The fraction of sp³-hybridized carbons (Fsp3) is 0.632. The van der Waals surface area contributed by atoms with Crippen LogP contribution < -0.4 is 15.8 Å². The molecule has 0 spiro atoms. The van der Waals surface area contributed by atoms with Crippen molar-refractivity contribution in [2.45, 2.75) is 38.8 Å². The number of rotatable bonds is 6. The molecule has 7 heteroatoms. The van der Waals surface area contributed by atoms with Crippen molar-refractivity contribution in [1.29, 1.82) is 0 Å². The summed E-state index contributed by atoms with van der Waals surface area (Å²) in [5.41, 5.74) is 7.51. The fourth-order valence-electron chi connectivity index (χ4n) is 3.35. The molecule has 146 valence electrons. The van der Waals surface area contributed by atoms with E-state index in [4.69, 9.17) is 19.9 Å². The zero-order chi connectivity index (χ0) is 17.7. The first-order chi connectivity index (χ1) is 12.1. The smallest absolute Gasteiger partial charge is 0.227 e. The maximum absolute atomic E-state index is 12.7. The van der Waals surface area contributed by atoms with Gasteiger partial charge >= 0.3 is 0 Å². The molecule has 3 rings (SSSR count). The number of carbonyl (C=O) groups excluding carboxylic acids is 1. The number of aryl methyl sites for hydroxylation is 1. The summed E-state index contributed by atoms with van der Waals surface area (Å²) in [5.74, 6) is 0.832. The van der Waals surface area contributed by atoms with Crippen LogP contribution in [-0.4, -0.2) is 45.0 Å². The van der Waals surface area contributed by atoms with E-state index in [2.05, 4.69) is 5.32 Å². The maximum Gasteiger partial charge on any atom is 0.227 e. The first-order valence-electron chi connectivity index (χ1n) is 9.03. The number of nitrogens with two attached hydrogens (primary N) is 1. The lowest BCUT2D eigenvalue weighted by molar-refractivity contribution is -0.136. The van der Waals surface area contributed by atoms with Gasteiger partial charge in [0.05, 0.1) is 18.6 Å². The van der Waals surface area contributed by atoms with Crippen molar-refractivity contribution in [3.05, 3.63) is 29.3 Å². The molecule has 1 atom stereocenters. The van der Waals surface area contributed by atoms with Gasteiger partial charge in [0.15, 0.2) is 0 Å². The van der Waals surface area contributed by atoms with Gasteiger partial charge in [0.25, 0.3) is 0 Å². The van der Waals surface area contributed by atoms with Crippen LogP contribution in [0.3, 0.4) is 0 Å². The van der Waals surface area contributed by atoms with Crippen molar-refractivity contribution >= 4 is 18.3 Å². The summed E-state index contributed by atoms with van der Waals surface area (Å²) in [5, 5.41) is 3.06. The van der Waals surface area contributed by atoms with E-state index in [-0.39, 0.29) is 24.4 Å². The topological polar surface area (TPSA) is 82.8 Å². The molecule has 26 heavy (non-hydrogen) atoms. The molecule has 2 fully saturated rings. The van der Waals surface area contributed by atoms with Gasteiger partial charge < -0.3 is 25.3 Å². The molecule has 2 heterocycles. The Hall–Kier alpha value is -1.34. The van der Waals surface area contributed by atoms with Crippen LogP contribution in [-0.2, 0) is 20.8 Å². The van der Waals surface area contributed by atoms with E-state index in [0.717, 1.165) is 29.9 Å². The number of nitrogens with one attached hydrogen (secondary N) is 1. The van der Waals surface area contributed by atoms with Gasteiger partial charge in [-0.25, -0.2) is 0 Å². The lowest BCUT2D eigenvalue weighted by Crippen LogP contribution is -2.49. The number of ether oxygens (including phenoxy) is 3. The highest BCUT2D eigenvalue weighted by atomic mass is 35.5. The summed E-state index contributed by atoms with van der Waals surface area (Å²) in [6.07, 6.45) is 2.33. The quantitative estimate of drug-likeness (QED) is 0.783. The van der Waals surface area contributed by atoms with Crippen molar-refractivity contribution in [3.8, 4) is 5.75 Å². The maximum atomic E-state index is 12.7. The average Bonchev–Trinajstić information content (AvgIpc) is 3.14. The summed E-state index contributed by atoms with van der Waals surface area (Å²) in [7, 11) is 0. The molecular weight excluding hydrogens is 356 g/mol. The molecule has 1 aromatic rings. The molecule has 2 aliphatic rings. The van der Waals surface area contributed by atoms with Crippen LogP contribution in [0.15, 0.2) is 18.2 Å². The first-order valence-corrected chi connectivity index (χ1v) is 9.03. The molecule has 1 aromatic carbocycles. The Morgan fingerprint density at radius 1 is 1.31 bits per heavy atom. The number of halogens is 1. The van der Waals surface area contributed by atoms with E-state index in [0.29, 0.717) is 45.8 Å². The van der Waals surface area contributed by atoms with Gasteiger partial charge in [-0.2, -0.15) is 0 Å². The highest BCUT2D eigenvalue weighted by Crippen LogP contribution is 2.30. The van der Waals surface area contributed by atoms with Crippen molar-refractivity contribution in [2.24, 2.45) is 11.1 Å². The third kappa shape index (κ3) is 4.88. The first kappa shape index (κ1) is 21.0. The van der Waals surface area contributed by atoms with E-state index >= 15 is 0 Å². The lowest BCUT2D eigenvalue weighted by Gasteiger charge is -2.34. The molecular formula is C19H29ClN2O4. The molecule has 0 bridgehead atoms. The van der Waals surface area contributed by atoms with Gasteiger partial charge in [-0.05, 0) is 31.4 Å². The highest BCUT2D eigenvalue weighted by molar-refractivity contribution is 5.85. The largest absolute Gasteiger partial charge is 0.488 e. The molecule has 0 aromatic heterocycles. The fourth-order valence-corrected chi connectivity index (χ4v) is 3.35. The van der Waals surface area contributed by atoms with Crippen LogP contribution in [0.2, 0.25) is 0 Å². The minimum absolute atomic E-state index is 0. The van der Waals surface area contributed by atoms with Gasteiger partial charge in [-0.3, -0.25) is 4.79 Å². The Balaban J connectivity index is 0.00000243. The normalized spacial score (nSPS) is 21.7. The Labute approximate surface area is 161 Å². The molecule has 1 amide bonds. The van der Waals surface area contributed by atoms with Gasteiger partial charge in [0.1, 0.15) is 11.9 Å². The monoisotopic (exact) mass is 384 g/mol. The minimum atomic E-state index is -0.511. The molecule has 2 saturated heterocycles. The lowest BCUT2D eigenvalue weighted by atomic mass is 9.79. The second-order valence-corrected chi connectivity index (χ2v) is 6.99. The molecule has 1 unspecified atom stereocenters. The summed E-state index contributed by atoms with van der Waals surface area (Å²) in [6.45, 7) is 5.35. The zero-order valence-corrected chi connectivity index (χ0v) is 16.1. The predicted molar refractivity (Wildman–Crippen MR) is 102 cm³/mol. The van der Waals surface area contributed by atoms with Crippen molar-refractivity contribution in [2.75, 3.05) is 33.0 Å². The van der Waals surface area contributed by atoms with Crippen LogP contribution >= 0.6 is 12.4 Å². The Kier molecular flexibility index (Phi) is 7.70. The van der Waals surface area contributed by atoms with E-state index < -0.39 is 5.41 Å². The molecule has 0 aliphatic carbocycles. The van der Waals surface area contributed by atoms with Crippen LogP contribution in [0.5, 0.6) is 5.75 Å². The van der Waals surface area contributed by atoms with Crippen molar-refractivity contribution in [3.63, 3.8) is 0 Å². The Morgan fingerprint density at radius 2 is 2.08 bits per heavy atom. The number of hydrogen-bond donors (Lipinski definition) is 2. The predicted octanol–water partition coefficient (Wildman–Crippen LogP) is 1.96. The summed E-state index contributed by atoms with van der Waals surface area (Å²) >= 11 is 0. The molecule has 0 radical (unpaired) electrons. The number of hydrogen-bond acceptors (Lipinski definition) is 5. The Bertz CT molecular complexity index is 599. The van der Waals surface area contributed by atoms with Crippen molar-refractivity contribution in [1.82, 2.24) is 5.32 Å². The van der Waals surface area contributed by atoms with Gasteiger partial charge in [-0.1, -0.05) is 12.1 Å². The third-order valence-electron chi connectivity index (χ3n) is 5.17. The summed E-state index contributed by atoms with van der Waals surface area (Å²) < 4.78 is 16.9. The van der Waals surface area contributed by atoms with Gasteiger partial charge in [0.2, 0.25) is 5.91 Å². The van der Waals surface area contributed by atoms with Crippen LogP contribution in [0.1, 0.15) is 30.4 Å². The SMILES string of the molecule is Cc1ccc(CNC(=O)C2(CN)CCOCC2)c(OC2CCOC2)c1.Cl. The van der Waals surface area contributed by atoms with E-state index in [1.54, 1.807) is 0 Å². The van der Waals surface area contributed by atoms with Gasteiger partial charge in [0, 0.05) is 38.3 Å². The minimum Gasteiger partial charge on any atom is -0.488 e. The molecule has 0 saturated carbocycles. The van der Waals surface area contributed by atoms with Crippen LogP contribution in [0.25, 0.3) is 0 Å². The number of amides is 1. The third-order valence-corrected chi connectivity index (χ3v) is 5.17. The van der Waals surface area contributed by atoms with Crippen molar-refractivity contribution < 1.29 is 19.0 Å². The second-order valence-electron chi connectivity index (χ2n) is 6.99. The van der Waals surface area contributed by atoms with E-state index in [9.17, 15) is 4.79 Å². The summed E-state index contributed by atoms with van der Waals surface area (Å²) in [4.78, 5) is 12.7. The number of carbonyl (C=O) groups is 1. The number of benzene rings is 1. The second kappa shape index (κ2) is 9.55. The van der Waals surface area contributed by atoms with E-state index in [1.807, 2.05) is 25.1 Å². The molecule has 3 N–H and O–H groups in total. The standard InChI is InChI=1S/C19H28N2O4.ClH/c1-14-2-3-15(17(10-14)25-16-4-7-24-12-16)11-21-18(22)19(13-20)5-8-23-9-6-19;/h2-3,10,16H,4-9,11-13,20H2,1H3,(H,21,22);1H. The molecule has 6 nitrogen and oxygen atoms in total. The summed E-state index contributed by atoms with van der Waals surface area (Å²) in [6, 6.07) is 6.07. The average molecular weight is 385 g/mol.